The monoisotopic (exact) mass is 495 g/mol. The van der Waals surface area contributed by atoms with Gasteiger partial charge in [0, 0.05) is 41.4 Å². The summed E-state index contributed by atoms with van der Waals surface area (Å²) in [6.07, 6.45) is 3.22. The molecule has 0 radical (unpaired) electrons. The summed E-state index contributed by atoms with van der Waals surface area (Å²) >= 11 is 0. The number of anilines is 1. The quantitative estimate of drug-likeness (QED) is 0.306. The lowest BCUT2D eigenvalue weighted by atomic mass is 10.1. The normalized spacial score (nSPS) is 11.1. The van der Waals surface area contributed by atoms with Crippen molar-refractivity contribution in [3.05, 3.63) is 107 Å². The van der Waals surface area contributed by atoms with Gasteiger partial charge in [-0.2, -0.15) is 5.10 Å². The second kappa shape index (κ2) is 10.2. The number of amides is 2. The van der Waals surface area contributed by atoms with Crippen LogP contribution in [0.1, 0.15) is 50.4 Å². The Kier molecular flexibility index (Phi) is 6.64. The highest BCUT2D eigenvalue weighted by Crippen LogP contribution is 2.28. The molecule has 0 fully saturated rings. The fourth-order valence-corrected chi connectivity index (χ4v) is 4.46. The number of aryl methyl sites for hydroxylation is 2. The lowest BCUT2D eigenvalue weighted by Crippen LogP contribution is -2.25. The molecule has 0 spiro atoms. The third-order valence-electron chi connectivity index (χ3n) is 6.64. The topological polar surface area (TPSA) is 94.1 Å². The Morgan fingerprint density at radius 3 is 2.54 bits per heavy atom. The summed E-state index contributed by atoms with van der Waals surface area (Å²) < 4.78 is 9.17. The molecule has 2 aromatic carbocycles. The van der Waals surface area contributed by atoms with Crippen LogP contribution in [0, 0.1) is 13.8 Å². The van der Waals surface area contributed by atoms with Crippen molar-refractivity contribution in [2.75, 3.05) is 5.32 Å². The maximum Gasteiger partial charge on any atom is 0.274 e. The predicted molar refractivity (Wildman–Crippen MR) is 143 cm³/mol. The molecule has 0 unspecified atom stereocenters. The molecule has 8 heteroatoms. The first-order valence-electron chi connectivity index (χ1n) is 12.3. The van der Waals surface area contributed by atoms with Crippen molar-refractivity contribution < 1.29 is 14.0 Å². The number of benzene rings is 2. The van der Waals surface area contributed by atoms with Gasteiger partial charge >= 0.3 is 0 Å². The highest BCUT2D eigenvalue weighted by atomic mass is 16.3. The fraction of sp³-hybridized carbons (Fsp3) is 0.207. The van der Waals surface area contributed by atoms with Crippen LogP contribution in [0.4, 0.5) is 5.69 Å². The molecular formula is C29H29N5O3. The van der Waals surface area contributed by atoms with Crippen LogP contribution in [-0.2, 0) is 19.6 Å². The largest absolute Gasteiger partial charge is 0.467 e. The molecule has 8 nitrogen and oxygen atoms in total. The number of fused-ring (bicyclic) bond motifs is 1. The molecule has 0 saturated carbocycles. The van der Waals surface area contributed by atoms with E-state index in [0.717, 1.165) is 28.7 Å². The summed E-state index contributed by atoms with van der Waals surface area (Å²) in [5, 5.41) is 11.1. The Balaban J connectivity index is 1.39. The molecule has 5 rings (SSSR count). The van der Waals surface area contributed by atoms with E-state index < -0.39 is 0 Å². The summed E-state index contributed by atoms with van der Waals surface area (Å²) in [5.41, 5.74) is 5.62. The third-order valence-corrected chi connectivity index (χ3v) is 6.64. The minimum absolute atomic E-state index is 0.156. The zero-order chi connectivity index (χ0) is 25.9. The highest BCUT2D eigenvalue weighted by Gasteiger charge is 2.20. The van der Waals surface area contributed by atoms with Crippen molar-refractivity contribution >= 4 is 28.4 Å². The van der Waals surface area contributed by atoms with Gasteiger partial charge in [-0.15, -0.1) is 0 Å². The molecule has 2 amide bonds. The average molecular weight is 496 g/mol. The maximum absolute atomic E-state index is 13.3. The number of hydrogen-bond donors (Lipinski definition) is 2. The Hall–Kier alpha value is -4.59. The molecule has 188 valence electrons. The van der Waals surface area contributed by atoms with Gasteiger partial charge in [-0.25, -0.2) is 0 Å². The van der Waals surface area contributed by atoms with Crippen molar-refractivity contribution in [3.63, 3.8) is 0 Å². The summed E-state index contributed by atoms with van der Waals surface area (Å²) in [6.45, 7) is 7.65. The van der Waals surface area contributed by atoms with Gasteiger partial charge in [-0.05, 0) is 62.2 Å². The van der Waals surface area contributed by atoms with Gasteiger partial charge in [0.05, 0.1) is 18.5 Å². The molecule has 0 aliphatic rings. The van der Waals surface area contributed by atoms with E-state index in [2.05, 4.69) is 46.3 Å². The van der Waals surface area contributed by atoms with Crippen molar-refractivity contribution in [1.29, 1.82) is 0 Å². The smallest absolute Gasteiger partial charge is 0.274 e. The first kappa shape index (κ1) is 24.1. The van der Waals surface area contributed by atoms with Gasteiger partial charge in [0.1, 0.15) is 5.76 Å². The summed E-state index contributed by atoms with van der Waals surface area (Å²) in [6, 6.07) is 19.6. The zero-order valence-corrected chi connectivity index (χ0v) is 21.1. The zero-order valence-electron chi connectivity index (χ0n) is 21.1. The number of rotatable bonds is 8. The Labute approximate surface area is 214 Å². The van der Waals surface area contributed by atoms with E-state index in [0.29, 0.717) is 23.6 Å². The van der Waals surface area contributed by atoms with Crippen molar-refractivity contribution in [3.8, 4) is 0 Å². The van der Waals surface area contributed by atoms with Crippen LogP contribution in [0.25, 0.3) is 10.9 Å². The van der Waals surface area contributed by atoms with Gasteiger partial charge in [-0.1, -0.05) is 30.3 Å². The Bertz CT molecular complexity index is 1560. The van der Waals surface area contributed by atoms with Crippen LogP contribution >= 0.6 is 0 Å². The van der Waals surface area contributed by atoms with Crippen molar-refractivity contribution in [1.82, 2.24) is 19.7 Å². The summed E-state index contributed by atoms with van der Waals surface area (Å²) in [4.78, 5) is 26.1. The fourth-order valence-electron chi connectivity index (χ4n) is 4.46. The lowest BCUT2D eigenvalue weighted by Gasteiger charge is -2.09. The minimum atomic E-state index is -0.390. The highest BCUT2D eigenvalue weighted by molar-refractivity contribution is 6.09. The SMILES string of the molecule is CCn1cc(NC(=O)c2ccc3c(c2)c(C)c(C)n3Cc2ccccc2)c(C(=O)NCc2ccco2)n1. The van der Waals surface area contributed by atoms with Crippen LogP contribution in [0.3, 0.4) is 0 Å². The van der Waals surface area contributed by atoms with Gasteiger partial charge in [0.2, 0.25) is 0 Å². The molecule has 3 aromatic heterocycles. The van der Waals surface area contributed by atoms with Crippen LogP contribution in [-0.4, -0.2) is 26.2 Å². The van der Waals surface area contributed by atoms with Crippen molar-refractivity contribution in [2.24, 2.45) is 0 Å². The molecule has 0 bridgehead atoms. The molecule has 2 N–H and O–H groups in total. The Morgan fingerprint density at radius 2 is 1.81 bits per heavy atom. The minimum Gasteiger partial charge on any atom is -0.467 e. The molecule has 5 aromatic rings. The van der Waals surface area contributed by atoms with Gasteiger partial charge in [-0.3, -0.25) is 14.3 Å². The molecular weight excluding hydrogens is 466 g/mol. The number of nitrogens with one attached hydrogen (secondary N) is 2. The number of carbonyl (C=O) groups is 2. The number of hydrogen-bond acceptors (Lipinski definition) is 4. The van der Waals surface area contributed by atoms with E-state index in [9.17, 15) is 9.59 Å². The second-order valence-electron chi connectivity index (χ2n) is 8.98. The van der Waals surface area contributed by atoms with E-state index in [1.165, 1.54) is 5.56 Å². The van der Waals surface area contributed by atoms with E-state index in [-0.39, 0.29) is 24.1 Å². The van der Waals surface area contributed by atoms with Gasteiger partial charge in [0.15, 0.2) is 5.69 Å². The van der Waals surface area contributed by atoms with E-state index in [4.69, 9.17) is 4.42 Å². The number of aromatic nitrogens is 3. The van der Waals surface area contributed by atoms with Gasteiger partial charge < -0.3 is 19.6 Å². The van der Waals surface area contributed by atoms with Crippen LogP contribution in [0.15, 0.2) is 77.5 Å². The number of furan rings is 1. The van der Waals surface area contributed by atoms with Crippen LogP contribution < -0.4 is 10.6 Å². The molecule has 0 aliphatic heterocycles. The number of carbonyl (C=O) groups excluding carboxylic acids is 2. The summed E-state index contributed by atoms with van der Waals surface area (Å²) in [7, 11) is 0. The first-order valence-corrected chi connectivity index (χ1v) is 12.3. The van der Waals surface area contributed by atoms with E-state index in [1.807, 2.05) is 43.3 Å². The molecule has 0 saturated heterocycles. The second-order valence-corrected chi connectivity index (χ2v) is 8.98. The van der Waals surface area contributed by atoms with Gasteiger partial charge in [0.25, 0.3) is 11.8 Å². The first-order chi connectivity index (χ1) is 17.9. The predicted octanol–water partition coefficient (Wildman–Crippen LogP) is 5.30. The van der Waals surface area contributed by atoms with Crippen LogP contribution in [0.2, 0.25) is 0 Å². The standard InChI is InChI=1S/C29H29N5O3/c1-4-33-18-25(27(32-33)29(36)30-16-23-11-8-14-37-23)31-28(35)22-12-13-26-24(15-22)19(2)20(3)34(26)17-21-9-6-5-7-10-21/h5-15,18H,4,16-17H2,1-3H3,(H,30,36)(H,31,35). The maximum atomic E-state index is 13.3. The van der Waals surface area contributed by atoms with E-state index >= 15 is 0 Å². The summed E-state index contributed by atoms with van der Waals surface area (Å²) in [5.74, 6) is -0.0589. The van der Waals surface area contributed by atoms with Crippen LogP contribution in [0.5, 0.6) is 0 Å². The molecule has 37 heavy (non-hydrogen) atoms. The molecule has 0 aliphatic carbocycles. The van der Waals surface area contributed by atoms with Crippen molar-refractivity contribution in [2.45, 2.75) is 40.4 Å². The van der Waals surface area contributed by atoms with E-state index in [1.54, 1.807) is 29.3 Å². The number of nitrogens with zero attached hydrogens (tertiary/aromatic N) is 3. The Morgan fingerprint density at radius 1 is 1.00 bits per heavy atom. The average Bonchev–Trinajstić information content (AvgIpc) is 3.64. The third kappa shape index (κ3) is 4.91. The molecule has 0 atom stereocenters. The molecule has 3 heterocycles. The lowest BCUT2D eigenvalue weighted by molar-refractivity contribution is 0.0943.